The first-order chi connectivity index (χ1) is 10.0. The van der Waals surface area contributed by atoms with Crippen molar-refractivity contribution in [1.82, 2.24) is 5.32 Å². The fourth-order valence-electron chi connectivity index (χ4n) is 2.16. The molecule has 5 heteroatoms. The van der Waals surface area contributed by atoms with Gasteiger partial charge in [0.25, 0.3) is 0 Å². The summed E-state index contributed by atoms with van der Waals surface area (Å²) in [4.78, 5) is 0. The van der Waals surface area contributed by atoms with Crippen LogP contribution in [0.5, 0.6) is 0 Å². The van der Waals surface area contributed by atoms with Gasteiger partial charge in [-0.2, -0.15) is 0 Å². The van der Waals surface area contributed by atoms with E-state index >= 15 is 0 Å². The molecule has 0 spiro atoms. The molecule has 112 valence electrons. The zero-order chi connectivity index (χ0) is 15.4. The first kappa shape index (κ1) is 15.9. The van der Waals surface area contributed by atoms with Crippen molar-refractivity contribution in [2.45, 2.75) is 19.4 Å². The van der Waals surface area contributed by atoms with Gasteiger partial charge >= 0.3 is 0 Å². The topological polar surface area (TPSA) is 12.0 Å². The van der Waals surface area contributed by atoms with E-state index in [2.05, 4.69) is 5.32 Å². The maximum Gasteiger partial charge on any atom is 0.146 e. The smallest absolute Gasteiger partial charge is 0.146 e. The van der Waals surface area contributed by atoms with Crippen molar-refractivity contribution in [3.63, 3.8) is 0 Å². The van der Waals surface area contributed by atoms with Crippen LogP contribution in [0.25, 0.3) is 0 Å². The molecule has 0 radical (unpaired) electrons. The molecule has 0 aromatic heterocycles. The molecule has 1 nitrogen and oxygen atoms in total. The zero-order valence-corrected chi connectivity index (χ0v) is 12.2. The van der Waals surface area contributed by atoms with Gasteiger partial charge in [-0.05, 0) is 25.1 Å². The fraction of sp³-hybridized carbons (Fsp3) is 0.250. The molecule has 1 unspecified atom stereocenters. The molecule has 21 heavy (non-hydrogen) atoms. The van der Waals surface area contributed by atoms with Crippen molar-refractivity contribution in [2.75, 3.05) is 6.54 Å². The minimum atomic E-state index is -0.719. The molecule has 0 saturated carbocycles. The van der Waals surface area contributed by atoms with Crippen LogP contribution in [0.3, 0.4) is 0 Å². The highest BCUT2D eigenvalue weighted by Crippen LogP contribution is 2.29. The summed E-state index contributed by atoms with van der Waals surface area (Å²) in [5, 5.41) is 3.04. The summed E-state index contributed by atoms with van der Waals surface area (Å²) >= 11 is 5.79. The molecular formula is C16H15ClF3N. The summed E-state index contributed by atoms with van der Waals surface area (Å²) in [6.07, 6.45) is 0.793. The van der Waals surface area contributed by atoms with Crippen LogP contribution in [-0.4, -0.2) is 6.54 Å². The van der Waals surface area contributed by atoms with E-state index in [-0.39, 0.29) is 16.1 Å². The van der Waals surface area contributed by atoms with Crippen molar-refractivity contribution in [3.05, 3.63) is 70.0 Å². The largest absolute Gasteiger partial charge is 0.306 e. The van der Waals surface area contributed by atoms with E-state index < -0.39 is 23.5 Å². The van der Waals surface area contributed by atoms with E-state index in [1.807, 2.05) is 6.92 Å². The monoisotopic (exact) mass is 313 g/mol. The van der Waals surface area contributed by atoms with Crippen LogP contribution < -0.4 is 5.32 Å². The second kappa shape index (κ2) is 6.96. The summed E-state index contributed by atoms with van der Waals surface area (Å²) in [6, 6.07) is 7.11. The summed E-state index contributed by atoms with van der Waals surface area (Å²) in [5.74, 6) is -1.99. The Morgan fingerprint density at radius 1 is 1.10 bits per heavy atom. The lowest BCUT2D eigenvalue weighted by atomic mass is 9.97. The van der Waals surface area contributed by atoms with E-state index in [0.29, 0.717) is 6.54 Å². The highest BCUT2D eigenvalue weighted by Gasteiger charge is 2.22. The van der Waals surface area contributed by atoms with E-state index in [9.17, 15) is 13.2 Å². The van der Waals surface area contributed by atoms with Crippen molar-refractivity contribution in [2.24, 2.45) is 0 Å². The van der Waals surface area contributed by atoms with Gasteiger partial charge in [-0.15, -0.1) is 0 Å². The Kier molecular flexibility index (Phi) is 5.26. The molecule has 0 saturated heterocycles. The molecule has 0 aliphatic carbocycles. The molecule has 2 aromatic rings. The van der Waals surface area contributed by atoms with Crippen LogP contribution in [0, 0.1) is 17.5 Å². The average molecular weight is 314 g/mol. The first-order valence-corrected chi connectivity index (χ1v) is 7.04. The van der Waals surface area contributed by atoms with Gasteiger partial charge in [-0.1, -0.05) is 36.7 Å². The highest BCUT2D eigenvalue weighted by molar-refractivity contribution is 6.30. The maximum absolute atomic E-state index is 14.2. The van der Waals surface area contributed by atoms with Crippen LogP contribution in [0.1, 0.15) is 30.5 Å². The Morgan fingerprint density at radius 2 is 1.86 bits per heavy atom. The third-order valence-corrected chi connectivity index (χ3v) is 3.46. The molecule has 0 fully saturated rings. The molecule has 0 aliphatic rings. The second-order valence-electron chi connectivity index (χ2n) is 4.70. The molecule has 0 amide bonds. The minimum absolute atomic E-state index is 0.0293. The summed E-state index contributed by atoms with van der Waals surface area (Å²) in [5.41, 5.74) is 0.424. The number of hydrogen-bond acceptors (Lipinski definition) is 1. The van der Waals surface area contributed by atoms with Gasteiger partial charge < -0.3 is 5.32 Å². The predicted molar refractivity (Wildman–Crippen MR) is 77.9 cm³/mol. The molecule has 2 aromatic carbocycles. The number of benzene rings is 2. The standard InChI is InChI=1S/C16H15ClF3N/c1-2-8-21-16(11-7-6-10(18)9-14(11)19)12-4-3-5-13(17)15(12)20/h3-7,9,16,21H,2,8H2,1H3. The van der Waals surface area contributed by atoms with Crippen molar-refractivity contribution in [1.29, 1.82) is 0 Å². The molecule has 2 rings (SSSR count). The lowest BCUT2D eigenvalue weighted by Gasteiger charge is -2.21. The van der Waals surface area contributed by atoms with E-state index in [0.717, 1.165) is 18.6 Å². The van der Waals surface area contributed by atoms with Gasteiger partial charge in [0.05, 0.1) is 11.1 Å². The van der Waals surface area contributed by atoms with Crippen LogP contribution in [-0.2, 0) is 0 Å². The molecule has 0 bridgehead atoms. The van der Waals surface area contributed by atoms with Crippen molar-refractivity contribution in [3.8, 4) is 0 Å². The zero-order valence-electron chi connectivity index (χ0n) is 11.5. The summed E-state index contributed by atoms with van der Waals surface area (Å²) in [6.45, 7) is 2.51. The lowest BCUT2D eigenvalue weighted by Crippen LogP contribution is -2.25. The third kappa shape index (κ3) is 3.57. The van der Waals surface area contributed by atoms with Crippen LogP contribution in [0.4, 0.5) is 13.2 Å². The lowest BCUT2D eigenvalue weighted by molar-refractivity contribution is 0.513. The number of halogens is 4. The Morgan fingerprint density at radius 3 is 2.52 bits per heavy atom. The predicted octanol–water partition coefficient (Wildman–Crippen LogP) is 4.85. The Hall–Kier alpha value is -1.52. The van der Waals surface area contributed by atoms with Gasteiger partial charge in [-0.25, -0.2) is 13.2 Å². The molecule has 0 heterocycles. The maximum atomic E-state index is 14.2. The number of nitrogens with one attached hydrogen (secondary N) is 1. The number of rotatable bonds is 5. The van der Waals surface area contributed by atoms with E-state index in [1.54, 1.807) is 6.07 Å². The average Bonchev–Trinajstić information content (AvgIpc) is 2.45. The van der Waals surface area contributed by atoms with E-state index in [4.69, 9.17) is 11.6 Å². The first-order valence-electron chi connectivity index (χ1n) is 6.66. The quantitative estimate of drug-likeness (QED) is 0.832. The van der Waals surface area contributed by atoms with Crippen molar-refractivity contribution < 1.29 is 13.2 Å². The van der Waals surface area contributed by atoms with Crippen LogP contribution in [0.2, 0.25) is 5.02 Å². The van der Waals surface area contributed by atoms with Gasteiger partial charge in [0.1, 0.15) is 17.5 Å². The molecule has 1 atom stereocenters. The summed E-state index contributed by atoms with van der Waals surface area (Å²) < 4.78 is 41.3. The number of hydrogen-bond donors (Lipinski definition) is 1. The van der Waals surface area contributed by atoms with E-state index in [1.165, 1.54) is 18.2 Å². The second-order valence-corrected chi connectivity index (χ2v) is 5.10. The van der Waals surface area contributed by atoms with Gasteiger partial charge in [0.15, 0.2) is 0 Å². The Bertz CT molecular complexity index is 631. The molecule has 0 aliphatic heterocycles. The van der Waals surface area contributed by atoms with Gasteiger partial charge in [0, 0.05) is 17.2 Å². The molecular weight excluding hydrogens is 299 g/mol. The molecule has 1 N–H and O–H groups in total. The Labute approximate surface area is 126 Å². The third-order valence-electron chi connectivity index (χ3n) is 3.16. The normalized spacial score (nSPS) is 12.4. The minimum Gasteiger partial charge on any atom is -0.306 e. The SMILES string of the molecule is CCCNC(c1ccc(F)cc1F)c1cccc(Cl)c1F. The summed E-state index contributed by atoms with van der Waals surface area (Å²) in [7, 11) is 0. The van der Waals surface area contributed by atoms with Gasteiger partial charge in [-0.3, -0.25) is 0 Å². The van der Waals surface area contributed by atoms with Gasteiger partial charge in [0.2, 0.25) is 0 Å². The van der Waals surface area contributed by atoms with Crippen LogP contribution >= 0.6 is 11.6 Å². The Balaban J connectivity index is 2.49. The highest BCUT2D eigenvalue weighted by atomic mass is 35.5. The van der Waals surface area contributed by atoms with Crippen LogP contribution in [0.15, 0.2) is 36.4 Å². The van der Waals surface area contributed by atoms with Crippen molar-refractivity contribution >= 4 is 11.6 Å². The fourth-order valence-corrected chi connectivity index (χ4v) is 2.34.